The lowest BCUT2D eigenvalue weighted by Crippen LogP contribution is -2.03. The number of esters is 1. The van der Waals surface area contributed by atoms with Gasteiger partial charge >= 0.3 is 5.97 Å². The zero-order chi connectivity index (χ0) is 12.3. The van der Waals surface area contributed by atoms with Crippen molar-refractivity contribution in [2.45, 2.75) is 6.92 Å². The number of nitrogens with zero attached hydrogens (tertiary/aromatic N) is 2. The van der Waals surface area contributed by atoms with Crippen molar-refractivity contribution in [2.75, 3.05) is 6.61 Å². The van der Waals surface area contributed by atoms with E-state index < -0.39 is 0 Å². The zero-order valence-electron chi connectivity index (χ0n) is 9.26. The van der Waals surface area contributed by atoms with Gasteiger partial charge in [-0.15, -0.1) is 0 Å². The van der Waals surface area contributed by atoms with Crippen LogP contribution < -0.4 is 0 Å². The lowest BCUT2D eigenvalue weighted by atomic mass is 10.3. The molecule has 0 aliphatic carbocycles. The van der Waals surface area contributed by atoms with Crippen molar-refractivity contribution in [1.29, 1.82) is 0 Å². The summed E-state index contributed by atoms with van der Waals surface area (Å²) >= 11 is 3.25. The van der Waals surface area contributed by atoms with Gasteiger partial charge in [0.2, 0.25) is 0 Å². The van der Waals surface area contributed by atoms with Gasteiger partial charge < -0.3 is 4.74 Å². The Kier molecular flexibility index (Phi) is 3.58. The fourth-order valence-electron chi connectivity index (χ4n) is 1.41. The molecule has 0 unspecified atom stereocenters. The first-order chi connectivity index (χ1) is 8.22. The number of benzene rings is 1. The van der Waals surface area contributed by atoms with Crippen LogP contribution in [0.4, 0.5) is 0 Å². The van der Waals surface area contributed by atoms with Crippen LogP contribution in [0.1, 0.15) is 17.3 Å². The molecule has 0 bridgehead atoms. The minimum Gasteiger partial charge on any atom is -0.462 e. The molecule has 0 fully saturated rings. The second kappa shape index (κ2) is 5.14. The molecule has 0 saturated heterocycles. The highest BCUT2D eigenvalue weighted by atomic mass is 79.9. The molecule has 2 rings (SSSR count). The summed E-state index contributed by atoms with van der Waals surface area (Å²) in [5.41, 5.74) is 1.32. The Balaban J connectivity index is 2.34. The summed E-state index contributed by atoms with van der Waals surface area (Å²) in [5, 5.41) is 4.22. The fourth-order valence-corrected chi connectivity index (χ4v) is 1.85. The van der Waals surface area contributed by atoms with Crippen molar-refractivity contribution in [1.82, 2.24) is 9.78 Å². The number of ether oxygens (including phenoxy) is 1. The maximum Gasteiger partial charge on any atom is 0.342 e. The Morgan fingerprint density at radius 3 is 2.76 bits per heavy atom. The molecule has 2 aromatic rings. The van der Waals surface area contributed by atoms with Crippen LogP contribution in [0.15, 0.2) is 41.1 Å². The van der Waals surface area contributed by atoms with E-state index in [1.165, 1.54) is 0 Å². The maximum absolute atomic E-state index is 11.6. The molecule has 1 heterocycles. The molecule has 0 radical (unpaired) electrons. The third-order valence-electron chi connectivity index (χ3n) is 2.19. The summed E-state index contributed by atoms with van der Waals surface area (Å²) in [4.78, 5) is 11.6. The standard InChI is InChI=1S/C12H11BrN2O2/c1-2-17-12(16)10-8-15(14-11(10)13)9-6-4-3-5-7-9/h3-8H,2H2,1H3. The van der Waals surface area contributed by atoms with Crippen LogP contribution in [-0.2, 0) is 4.74 Å². The van der Waals surface area contributed by atoms with Gasteiger partial charge in [0, 0.05) is 6.20 Å². The smallest absolute Gasteiger partial charge is 0.342 e. The lowest BCUT2D eigenvalue weighted by Gasteiger charge is -1.99. The highest BCUT2D eigenvalue weighted by Gasteiger charge is 2.15. The van der Waals surface area contributed by atoms with Gasteiger partial charge in [-0.25, -0.2) is 9.48 Å². The number of para-hydroxylation sites is 1. The monoisotopic (exact) mass is 294 g/mol. The molecule has 0 amide bonds. The van der Waals surface area contributed by atoms with Gasteiger partial charge in [0.1, 0.15) is 10.2 Å². The molecule has 0 spiro atoms. The van der Waals surface area contributed by atoms with Crippen molar-refractivity contribution in [3.8, 4) is 5.69 Å². The minimum absolute atomic E-state index is 0.349. The van der Waals surface area contributed by atoms with Crippen LogP contribution >= 0.6 is 15.9 Å². The minimum atomic E-state index is -0.374. The number of hydrogen-bond donors (Lipinski definition) is 0. The van der Waals surface area contributed by atoms with Gasteiger partial charge in [-0.3, -0.25) is 0 Å². The molecule has 88 valence electrons. The van der Waals surface area contributed by atoms with E-state index in [1.54, 1.807) is 17.8 Å². The van der Waals surface area contributed by atoms with Crippen LogP contribution in [0.25, 0.3) is 5.69 Å². The molecule has 5 heteroatoms. The second-order valence-corrected chi connectivity index (χ2v) is 4.09. The Morgan fingerprint density at radius 2 is 2.12 bits per heavy atom. The maximum atomic E-state index is 11.6. The zero-order valence-corrected chi connectivity index (χ0v) is 10.8. The molecule has 0 aliphatic heterocycles. The molecule has 0 N–H and O–H groups in total. The number of carbonyl (C=O) groups excluding carboxylic acids is 1. The highest BCUT2D eigenvalue weighted by molar-refractivity contribution is 9.10. The van der Waals surface area contributed by atoms with Gasteiger partial charge in [0.05, 0.1) is 12.3 Å². The Morgan fingerprint density at radius 1 is 1.41 bits per heavy atom. The number of halogens is 1. The van der Waals surface area contributed by atoms with Crippen LogP contribution in [0, 0.1) is 0 Å². The van der Waals surface area contributed by atoms with E-state index in [2.05, 4.69) is 21.0 Å². The van der Waals surface area contributed by atoms with Gasteiger partial charge in [0.25, 0.3) is 0 Å². The van der Waals surface area contributed by atoms with E-state index in [0.29, 0.717) is 16.8 Å². The van der Waals surface area contributed by atoms with E-state index >= 15 is 0 Å². The lowest BCUT2D eigenvalue weighted by molar-refractivity contribution is 0.0525. The van der Waals surface area contributed by atoms with Gasteiger partial charge in [0.15, 0.2) is 0 Å². The van der Waals surface area contributed by atoms with Crippen molar-refractivity contribution in [3.05, 3.63) is 46.7 Å². The normalized spacial score (nSPS) is 10.2. The number of aromatic nitrogens is 2. The third-order valence-corrected chi connectivity index (χ3v) is 2.77. The second-order valence-electron chi connectivity index (χ2n) is 3.33. The molecule has 0 atom stereocenters. The van der Waals surface area contributed by atoms with Gasteiger partial charge in [-0.05, 0) is 35.0 Å². The SMILES string of the molecule is CCOC(=O)c1cn(-c2ccccc2)nc1Br. The van der Waals surface area contributed by atoms with Gasteiger partial charge in [-0.2, -0.15) is 5.10 Å². The van der Waals surface area contributed by atoms with E-state index in [4.69, 9.17) is 4.74 Å². The predicted molar refractivity (Wildman–Crippen MR) is 67.2 cm³/mol. The third kappa shape index (κ3) is 2.55. The van der Waals surface area contributed by atoms with E-state index in [1.807, 2.05) is 30.3 Å². The first-order valence-corrected chi connectivity index (χ1v) is 5.99. The van der Waals surface area contributed by atoms with Crippen LogP contribution in [0.5, 0.6) is 0 Å². The Hall–Kier alpha value is -1.62. The van der Waals surface area contributed by atoms with E-state index in [-0.39, 0.29) is 5.97 Å². The molecule has 17 heavy (non-hydrogen) atoms. The summed E-state index contributed by atoms with van der Waals surface area (Å²) in [6.07, 6.45) is 1.65. The van der Waals surface area contributed by atoms with Gasteiger partial charge in [-0.1, -0.05) is 18.2 Å². The predicted octanol–water partition coefficient (Wildman–Crippen LogP) is 2.81. The Bertz CT molecular complexity index is 523. The molecule has 0 aliphatic rings. The Labute approximate surface area is 107 Å². The fraction of sp³-hybridized carbons (Fsp3) is 0.167. The van der Waals surface area contributed by atoms with Crippen molar-refractivity contribution in [3.63, 3.8) is 0 Å². The molecular formula is C12H11BrN2O2. The van der Waals surface area contributed by atoms with Crippen molar-refractivity contribution in [2.24, 2.45) is 0 Å². The first-order valence-electron chi connectivity index (χ1n) is 5.20. The average Bonchev–Trinajstić information content (AvgIpc) is 2.73. The topological polar surface area (TPSA) is 44.1 Å². The number of rotatable bonds is 3. The van der Waals surface area contributed by atoms with E-state index in [0.717, 1.165) is 5.69 Å². The molecule has 0 saturated carbocycles. The summed E-state index contributed by atoms with van der Waals surface area (Å²) < 4.78 is 7.06. The van der Waals surface area contributed by atoms with Crippen LogP contribution in [-0.4, -0.2) is 22.4 Å². The summed E-state index contributed by atoms with van der Waals surface area (Å²) in [6.45, 7) is 2.12. The van der Waals surface area contributed by atoms with E-state index in [9.17, 15) is 4.79 Å². The number of carbonyl (C=O) groups is 1. The highest BCUT2D eigenvalue weighted by Crippen LogP contribution is 2.18. The summed E-state index contributed by atoms with van der Waals surface area (Å²) in [7, 11) is 0. The summed E-state index contributed by atoms with van der Waals surface area (Å²) in [5.74, 6) is -0.374. The molecule has 1 aromatic heterocycles. The van der Waals surface area contributed by atoms with Crippen molar-refractivity contribution >= 4 is 21.9 Å². The first kappa shape index (κ1) is 11.9. The number of hydrogen-bond acceptors (Lipinski definition) is 3. The molecule has 1 aromatic carbocycles. The van der Waals surface area contributed by atoms with Crippen LogP contribution in [0.3, 0.4) is 0 Å². The van der Waals surface area contributed by atoms with Crippen molar-refractivity contribution < 1.29 is 9.53 Å². The largest absolute Gasteiger partial charge is 0.462 e. The molecular weight excluding hydrogens is 284 g/mol. The summed E-state index contributed by atoms with van der Waals surface area (Å²) in [6, 6.07) is 9.57. The quantitative estimate of drug-likeness (QED) is 0.818. The average molecular weight is 295 g/mol. The van der Waals surface area contributed by atoms with Crippen LogP contribution in [0.2, 0.25) is 0 Å². The molecule has 4 nitrogen and oxygen atoms in total.